The molecule has 6 heteroatoms. The number of rotatable bonds is 3. The standard InChI is InChI=1S/C12H11N3O2S/c1-9(7-13)18(16,17)15-11-6-10-4-2-3-5-12(10)14-8-11/h2-6,8-9,15H,1H3. The lowest BCUT2D eigenvalue weighted by Gasteiger charge is -2.09. The minimum atomic E-state index is -3.68. The summed E-state index contributed by atoms with van der Waals surface area (Å²) >= 11 is 0. The molecule has 0 aliphatic heterocycles. The predicted molar refractivity (Wildman–Crippen MR) is 69.4 cm³/mol. The number of nitrogens with one attached hydrogen (secondary N) is 1. The molecule has 1 aromatic carbocycles. The van der Waals surface area contributed by atoms with Crippen molar-refractivity contribution >= 4 is 26.6 Å². The number of nitrogens with zero attached hydrogens (tertiary/aromatic N) is 2. The van der Waals surface area contributed by atoms with Crippen molar-refractivity contribution in [1.29, 1.82) is 5.26 Å². The third-order valence-electron chi connectivity index (χ3n) is 2.50. The molecule has 2 aromatic rings. The van der Waals surface area contributed by atoms with Gasteiger partial charge in [-0.1, -0.05) is 18.2 Å². The Morgan fingerprint density at radius 3 is 2.83 bits per heavy atom. The van der Waals surface area contributed by atoms with Crippen LogP contribution in [-0.4, -0.2) is 18.7 Å². The maximum absolute atomic E-state index is 11.7. The molecule has 0 aliphatic carbocycles. The normalized spacial score (nSPS) is 12.9. The van der Waals surface area contributed by atoms with Crippen LogP contribution in [0.5, 0.6) is 0 Å². The van der Waals surface area contributed by atoms with Crippen molar-refractivity contribution in [1.82, 2.24) is 4.98 Å². The quantitative estimate of drug-likeness (QED) is 0.914. The zero-order valence-electron chi connectivity index (χ0n) is 9.66. The third-order valence-corrected chi connectivity index (χ3v) is 4.05. The SMILES string of the molecule is CC(C#N)S(=O)(=O)Nc1cnc2ccccc2c1. The van der Waals surface area contributed by atoms with Crippen LogP contribution >= 0.6 is 0 Å². The number of hydrogen-bond acceptors (Lipinski definition) is 4. The maximum Gasteiger partial charge on any atom is 0.248 e. The van der Waals surface area contributed by atoms with E-state index >= 15 is 0 Å². The van der Waals surface area contributed by atoms with Crippen molar-refractivity contribution in [2.24, 2.45) is 0 Å². The summed E-state index contributed by atoms with van der Waals surface area (Å²) in [6.45, 7) is 1.33. The average molecular weight is 261 g/mol. The number of anilines is 1. The number of fused-ring (bicyclic) bond motifs is 1. The number of hydrogen-bond donors (Lipinski definition) is 1. The minimum Gasteiger partial charge on any atom is -0.281 e. The highest BCUT2D eigenvalue weighted by Crippen LogP contribution is 2.17. The van der Waals surface area contributed by atoms with Crippen molar-refractivity contribution in [3.8, 4) is 6.07 Å². The summed E-state index contributed by atoms with van der Waals surface area (Å²) in [5, 5.41) is 8.36. The number of para-hydroxylation sites is 1. The second kappa shape index (κ2) is 4.63. The minimum absolute atomic E-state index is 0.357. The van der Waals surface area contributed by atoms with E-state index in [1.807, 2.05) is 24.3 Å². The first kappa shape index (κ1) is 12.3. The fourth-order valence-electron chi connectivity index (χ4n) is 1.45. The van der Waals surface area contributed by atoms with Gasteiger partial charge in [0.15, 0.2) is 5.25 Å². The van der Waals surface area contributed by atoms with Crippen molar-refractivity contribution in [2.45, 2.75) is 12.2 Å². The molecule has 0 radical (unpaired) electrons. The van der Waals surface area contributed by atoms with Gasteiger partial charge in [-0.05, 0) is 19.1 Å². The van der Waals surface area contributed by atoms with Gasteiger partial charge in [-0.3, -0.25) is 9.71 Å². The van der Waals surface area contributed by atoms with E-state index in [0.717, 1.165) is 10.9 Å². The highest BCUT2D eigenvalue weighted by molar-refractivity contribution is 7.93. The summed E-state index contributed by atoms with van der Waals surface area (Å²) in [5.74, 6) is 0. The van der Waals surface area contributed by atoms with Crippen LogP contribution in [0.1, 0.15) is 6.92 Å². The van der Waals surface area contributed by atoms with E-state index in [4.69, 9.17) is 5.26 Å². The van der Waals surface area contributed by atoms with Crippen molar-refractivity contribution in [2.75, 3.05) is 4.72 Å². The Morgan fingerprint density at radius 2 is 2.11 bits per heavy atom. The summed E-state index contributed by atoms with van der Waals surface area (Å²) in [7, 11) is -3.68. The summed E-state index contributed by atoms with van der Waals surface area (Å²) in [6, 6.07) is 10.8. The third kappa shape index (κ3) is 2.41. The van der Waals surface area contributed by atoms with Gasteiger partial charge in [0.25, 0.3) is 0 Å². The first-order chi connectivity index (χ1) is 8.53. The summed E-state index contributed by atoms with van der Waals surface area (Å²) in [5.41, 5.74) is 1.14. The molecule has 0 bridgehead atoms. The Bertz CT molecular complexity index is 719. The predicted octanol–water partition coefficient (Wildman–Crippen LogP) is 1.89. The van der Waals surface area contributed by atoms with Crippen LogP contribution in [0, 0.1) is 11.3 Å². The van der Waals surface area contributed by atoms with Crippen LogP contribution < -0.4 is 4.72 Å². The molecule has 0 fully saturated rings. The van der Waals surface area contributed by atoms with E-state index in [-0.39, 0.29) is 0 Å². The van der Waals surface area contributed by atoms with E-state index in [1.165, 1.54) is 13.1 Å². The molecule has 1 N–H and O–H groups in total. The number of pyridine rings is 1. The molecule has 0 aliphatic rings. The smallest absolute Gasteiger partial charge is 0.248 e. The Labute approximate surface area is 105 Å². The van der Waals surface area contributed by atoms with Crippen LogP contribution in [0.4, 0.5) is 5.69 Å². The first-order valence-electron chi connectivity index (χ1n) is 5.29. The summed E-state index contributed by atoms with van der Waals surface area (Å²) in [6.07, 6.45) is 1.43. The van der Waals surface area contributed by atoms with Crippen LogP contribution in [-0.2, 0) is 10.0 Å². The fourth-order valence-corrected chi connectivity index (χ4v) is 2.20. The highest BCUT2D eigenvalue weighted by Gasteiger charge is 2.20. The Kier molecular flexibility index (Phi) is 3.17. The van der Waals surface area contributed by atoms with Crippen LogP contribution in [0.25, 0.3) is 10.9 Å². The van der Waals surface area contributed by atoms with E-state index < -0.39 is 15.3 Å². The second-order valence-electron chi connectivity index (χ2n) is 3.84. The number of benzene rings is 1. The molecular weight excluding hydrogens is 250 g/mol. The van der Waals surface area contributed by atoms with Gasteiger partial charge in [0.05, 0.1) is 23.5 Å². The van der Waals surface area contributed by atoms with Crippen molar-refractivity contribution in [3.05, 3.63) is 36.5 Å². The van der Waals surface area contributed by atoms with Gasteiger partial charge < -0.3 is 0 Å². The van der Waals surface area contributed by atoms with Crippen LogP contribution in [0.3, 0.4) is 0 Å². The van der Waals surface area contributed by atoms with Gasteiger partial charge >= 0.3 is 0 Å². The molecule has 1 atom stereocenters. The Hall–Kier alpha value is -2.13. The lowest BCUT2D eigenvalue weighted by molar-refractivity contribution is 0.597. The zero-order chi connectivity index (χ0) is 13.2. The Morgan fingerprint density at radius 1 is 1.39 bits per heavy atom. The Balaban J connectivity index is 2.36. The molecule has 1 unspecified atom stereocenters. The fraction of sp³-hybridized carbons (Fsp3) is 0.167. The lowest BCUT2D eigenvalue weighted by atomic mass is 10.2. The molecule has 2 rings (SSSR count). The molecule has 92 valence electrons. The van der Waals surface area contributed by atoms with Gasteiger partial charge in [0, 0.05) is 5.39 Å². The maximum atomic E-state index is 11.7. The van der Waals surface area contributed by atoms with Gasteiger partial charge in [-0.25, -0.2) is 8.42 Å². The topological polar surface area (TPSA) is 82.8 Å². The largest absolute Gasteiger partial charge is 0.281 e. The molecule has 18 heavy (non-hydrogen) atoms. The molecule has 0 amide bonds. The van der Waals surface area contributed by atoms with Gasteiger partial charge in [0.1, 0.15) is 0 Å². The summed E-state index contributed by atoms with van der Waals surface area (Å²) in [4.78, 5) is 4.14. The average Bonchev–Trinajstić information content (AvgIpc) is 2.37. The van der Waals surface area contributed by atoms with Crippen LogP contribution in [0.15, 0.2) is 36.5 Å². The van der Waals surface area contributed by atoms with Gasteiger partial charge in [-0.2, -0.15) is 5.26 Å². The molecule has 1 heterocycles. The molecule has 0 saturated heterocycles. The van der Waals surface area contributed by atoms with E-state index in [0.29, 0.717) is 5.69 Å². The molecule has 0 spiro atoms. The van der Waals surface area contributed by atoms with Crippen molar-refractivity contribution < 1.29 is 8.42 Å². The molecule has 1 aromatic heterocycles. The molecular formula is C12H11N3O2S. The highest BCUT2D eigenvalue weighted by atomic mass is 32.2. The van der Waals surface area contributed by atoms with E-state index in [1.54, 1.807) is 12.1 Å². The number of aromatic nitrogens is 1. The second-order valence-corrected chi connectivity index (χ2v) is 5.84. The monoisotopic (exact) mass is 261 g/mol. The molecule has 0 saturated carbocycles. The van der Waals surface area contributed by atoms with Gasteiger partial charge in [-0.15, -0.1) is 0 Å². The van der Waals surface area contributed by atoms with Crippen molar-refractivity contribution in [3.63, 3.8) is 0 Å². The van der Waals surface area contributed by atoms with Crippen LogP contribution in [0.2, 0.25) is 0 Å². The lowest BCUT2D eigenvalue weighted by Crippen LogP contribution is -2.23. The number of nitriles is 1. The summed E-state index contributed by atoms with van der Waals surface area (Å²) < 4.78 is 25.8. The molecule has 5 nitrogen and oxygen atoms in total. The number of sulfonamides is 1. The first-order valence-corrected chi connectivity index (χ1v) is 6.83. The van der Waals surface area contributed by atoms with E-state index in [2.05, 4.69) is 9.71 Å². The van der Waals surface area contributed by atoms with Gasteiger partial charge in [0.2, 0.25) is 10.0 Å². The van der Waals surface area contributed by atoms with E-state index in [9.17, 15) is 8.42 Å². The zero-order valence-corrected chi connectivity index (χ0v) is 10.5.